The monoisotopic (exact) mass is 256 g/mol. The van der Waals surface area contributed by atoms with Crippen molar-refractivity contribution in [1.82, 2.24) is 14.9 Å². The minimum absolute atomic E-state index is 0.156. The van der Waals surface area contributed by atoms with Crippen LogP contribution in [0, 0.1) is 0 Å². The van der Waals surface area contributed by atoms with E-state index < -0.39 is 0 Å². The zero-order valence-corrected chi connectivity index (χ0v) is 11.0. The average molecular weight is 256 g/mol. The number of hydrogen-bond donors (Lipinski definition) is 2. The van der Waals surface area contributed by atoms with Crippen LogP contribution in [0.1, 0.15) is 30.3 Å². The van der Waals surface area contributed by atoms with Crippen LogP contribution in [0.15, 0.2) is 42.7 Å². The first-order chi connectivity index (χ1) is 9.34. The van der Waals surface area contributed by atoms with E-state index in [1.807, 2.05) is 6.20 Å². The standard InChI is InChI=1S/C15H20N4/c16-13-7-4-10-19(11-12-5-2-1-3-6-12)14(13)15-17-8-9-18-15/h1-3,5-6,8-9,13-14H,4,7,10-11,16H2,(H,17,18). The van der Waals surface area contributed by atoms with Gasteiger partial charge in [0.1, 0.15) is 5.82 Å². The van der Waals surface area contributed by atoms with E-state index in [2.05, 4.69) is 45.2 Å². The highest BCUT2D eigenvalue weighted by molar-refractivity contribution is 5.15. The summed E-state index contributed by atoms with van der Waals surface area (Å²) in [6.45, 7) is 2.01. The molecule has 2 aromatic rings. The number of nitrogens with two attached hydrogens (primary N) is 1. The highest BCUT2D eigenvalue weighted by Gasteiger charge is 2.31. The summed E-state index contributed by atoms with van der Waals surface area (Å²) in [5.41, 5.74) is 7.64. The molecule has 2 heterocycles. The zero-order valence-electron chi connectivity index (χ0n) is 11.0. The third-order valence-electron chi connectivity index (χ3n) is 3.81. The van der Waals surface area contributed by atoms with Crippen molar-refractivity contribution in [2.45, 2.75) is 31.5 Å². The Labute approximate surface area is 113 Å². The van der Waals surface area contributed by atoms with Crippen LogP contribution in [0.5, 0.6) is 0 Å². The molecule has 4 nitrogen and oxygen atoms in total. The molecular formula is C15H20N4. The predicted molar refractivity (Wildman–Crippen MR) is 75.4 cm³/mol. The molecule has 4 heteroatoms. The third-order valence-corrected chi connectivity index (χ3v) is 3.81. The van der Waals surface area contributed by atoms with Gasteiger partial charge in [0.2, 0.25) is 0 Å². The number of nitrogens with zero attached hydrogens (tertiary/aromatic N) is 2. The summed E-state index contributed by atoms with van der Waals surface area (Å²) in [6, 6.07) is 10.9. The smallest absolute Gasteiger partial charge is 0.125 e. The number of nitrogens with one attached hydrogen (secondary N) is 1. The van der Waals surface area contributed by atoms with E-state index in [9.17, 15) is 0 Å². The van der Waals surface area contributed by atoms with E-state index in [0.29, 0.717) is 0 Å². The highest BCUT2D eigenvalue weighted by Crippen LogP contribution is 2.29. The Morgan fingerprint density at radius 1 is 1.32 bits per heavy atom. The van der Waals surface area contributed by atoms with Crippen LogP contribution >= 0.6 is 0 Å². The molecule has 0 bridgehead atoms. The van der Waals surface area contributed by atoms with Crippen LogP contribution in [0.25, 0.3) is 0 Å². The molecule has 19 heavy (non-hydrogen) atoms. The SMILES string of the molecule is NC1CCCN(Cc2ccccc2)C1c1ncc[nH]1. The number of rotatable bonds is 3. The number of H-pyrrole nitrogens is 1. The van der Waals surface area contributed by atoms with Crippen molar-refractivity contribution >= 4 is 0 Å². The number of aromatic amines is 1. The minimum atomic E-state index is 0.156. The first-order valence-corrected chi connectivity index (χ1v) is 6.87. The Bertz CT molecular complexity index is 494. The maximum atomic E-state index is 6.31. The third kappa shape index (κ3) is 2.69. The lowest BCUT2D eigenvalue weighted by Crippen LogP contribution is -2.45. The summed E-state index contributed by atoms with van der Waals surface area (Å²) in [7, 11) is 0. The fraction of sp³-hybridized carbons (Fsp3) is 0.400. The van der Waals surface area contributed by atoms with Crippen LogP contribution in [0.2, 0.25) is 0 Å². The van der Waals surface area contributed by atoms with Gasteiger partial charge >= 0.3 is 0 Å². The predicted octanol–water partition coefficient (Wildman–Crippen LogP) is 2.07. The molecule has 1 fully saturated rings. The molecule has 1 aliphatic heterocycles. The van der Waals surface area contributed by atoms with Gasteiger partial charge in [-0.2, -0.15) is 0 Å². The van der Waals surface area contributed by atoms with Crippen molar-refractivity contribution in [1.29, 1.82) is 0 Å². The topological polar surface area (TPSA) is 57.9 Å². The molecule has 1 aliphatic rings. The van der Waals surface area contributed by atoms with Crippen molar-refractivity contribution in [2.75, 3.05) is 6.54 Å². The van der Waals surface area contributed by atoms with Crippen LogP contribution in [-0.2, 0) is 6.54 Å². The normalized spacial score (nSPS) is 24.5. The lowest BCUT2D eigenvalue weighted by atomic mass is 9.95. The van der Waals surface area contributed by atoms with E-state index in [1.165, 1.54) is 5.56 Å². The Hall–Kier alpha value is -1.65. The van der Waals surface area contributed by atoms with Crippen LogP contribution < -0.4 is 5.73 Å². The Balaban J connectivity index is 1.81. The number of aromatic nitrogens is 2. The van der Waals surface area contributed by atoms with Gasteiger partial charge in [0, 0.05) is 25.0 Å². The first-order valence-electron chi connectivity index (χ1n) is 6.87. The molecule has 0 radical (unpaired) electrons. The van der Waals surface area contributed by atoms with Gasteiger partial charge in [-0.3, -0.25) is 4.90 Å². The summed E-state index contributed by atoms with van der Waals surface area (Å²) in [5.74, 6) is 0.989. The second-order valence-corrected chi connectivity index (χ2v) is 5.18. The van der Waals surface area contributed by atoms with Gasteiger partial charge in [0.15, 0.2) is 0 Å². The summed E-state index contributed by atoms with van der Waals surface area (Å²) in [5, 5.41) is 0. The molecule has 3 N–H and O–H groups in total. The molecular weight excluding hydrogens is 236 g/mol. The molecule has 100 valence electrons. The van der Waals surface area contributed by atoms with Gasteiger partial charge in [-0.05, 0) is 24.9 Å². The number of benzene rings is 1. The van der Waals surface area contributed by atoms with Crippen LogP contribution in [0.3, 0.4) is 0 Å². The number of imidazole rings is 1. The van der Waals surface area contributed by atoms with Crippen LogP contribution in [-0.4, -0.2) is 27.5 Å². The van der Waals surface area contributed by atoms with Crippen LogP contribution in [0.4, 0.5) is 0 Å². The van der Waals surface area contributed by atoms with Crippen molar-refractivity contribution in [2.24, 2.45) is 5.73 Å². The van der Waals surface area contributed by atoms with Gasteiger partial charge in [0.25, 0.3) is 0 Å². The van der Waals surface area contributed by atoms with E-state index >= 15 is 0 Å². The molecule has 0 saturated carbocycles. The average Bonchev–Trinajstić information content (AvgIpc) is 2.94. The molecule has 0 aliphatic carbocycles. The molecule has 2 unspecified atom stereocenters. The van der Waals surface area contributed by atoms with E-state index in [4.69, 9.17) is 5.73 Å². The number of piperidine rings is 1. The fourth-order valence-corrected chi connectivity index (χ4v) is 2.91. The van der Waals surface area contributed by atoms with E-state index in [0.717, 1.165) is 31.8 Å². The molecule has 0 amide bonds. The van der Waals surface area contributed by atoms with Crippen molar-refractivity contribution in [3.63, 3.8) is 0 Å². The Kier molecular flexibility index (Phi) is 3.62. The zero-order chi connectivity index (χ0) is 13.1. The maximum Gasteiger partial charge on any atom is 0.125 e. The maximum absolute atomic E-state index is 6.31. The lowest BCUT2D eigenvalue weighted by Gasteiger charge is -2.38. The molecule has 1 aromatic carbocycles. The second-order valence-electron chi connectivity index (χ2n) is 5.18. The van der Waals surface area contributed by atoms with Gasteiger partial charge < -0.3 is 10.7 Å². The molecule has 1 saturated heterocycles. The molecule has 3 rings (SSSR count). The summed E-state index contributed by atoms with van der Waals surface area (Å²) in [6.07, 6.45) is 5.90. The van der Waals surface area contributed by atoms with Crippen molar-refractivity contribution in [3.05, 3.63) is 54.1 Å². The van der Waals surface area contributed by atoms with Gasteiger partial charge in [-0.15, -0.1) is 0 Å². The van der Waals surface area contributed by atoms with Gasteiger partial charge in [0.05, 0.1) is 6.04 Å². The Morgan fingerprint density at radius 3 is 2.89 bits per heavy atom. The molecule has 1 aromatic heterocycles. The second kappa shape index (κ2) is 5.55. The summed E-state index contributed by atoms with van der Waals surface area (Å²) in [4.78, 5) is 10.1. The van der Waals surface area contributed by atoms with Gasteiger partial charge in [-0.1, -0.05) is 30.3 Å². The summed E-state index contributed by atoms with van der Waals surface area (Å²) < 4.78 is 0. The quantitative estimate of drug-likeness (QED) is 0.884. The minimum Gasteiger partial charge on any atom is -0.347 e. The van der Waals surface area contributed by atoms with Gasteiger partial charge in [-0.25, -0.2) is 4.98 Å². The highest BCUT2D eigenvalue weighted by atomic mass is 15.2. The molecule has 0 spiro atoms. The van der Waals surface area contributed by atoms with Crippen molar-refractivity contribution < 1.29 is 0 Å². The number of likely N-dealkylation sites (tertiary alicyclic amines) is 1. The molecule has 2 atom stereocenters. The van der Waals surface area contributed by atoms with E-state index in [1.54, 1.807) is 6.20 Å². The lowest BCUT2D eigenvalue weighted by molar-refractivity contribution is 0.115. The Morgan fingerprint density at radius 2 is 2.16 bits per heavy atom. The largest absolute Gasteiger partial charge is 0.347 e. The van der Waals surface area contributed by atoms with Crippen molar-refractivity contribution in [3.8, 4) is 0 Å². The fourth-order valence-electron chi connectivity index (χ4n) is 2.91. The summed E-state index contributed by atoms with van der Waals surface area (Å²) >= 11 is 0. The number of hydrogen-bond acceptors (Lipinski definition) is 3. The first kappa shape index (κ1) is 12.4. The van der Waals surface area contributed by atoms with E-state index in [-0.39, 0.29) is 12.1 Å².